The highest BCUT2D eigenvalue weighted by Crippen LogP contribution is 2.21. The van der Waals surface area contributed by atoms with Gasteiger partial charge in [0.2, 0.25) is 21.8 Å². The van der Waals surface area contributed by atoms with Gasteiger partial charge in [0.15, 0.2) is 0 Å². The molecule has 2 amide bonds. The SMILES string of the molecule is CCN(CC)S(=O)(=O)c1ccc(CCC(=O)N2CCC(C(=O)Nc3ccccc3)CC2)cc1. The second-order valence-corrected chi connectivity index (χ2v) is 10.2. The van der Waals surface area contributed by atoms with Crippen LogP contribution < -0.4 is 5.32 Å². The smallest absolute Gasteiger partial charge is 0.243 e. The van der Waals surface area contributed by atoms with Crippen LogP contribution in [0.1, 0.15) is 38.7 Å². The third-order valence-corrected chi connectivity index (χ3v) is 8.22. The van der Waals surface area contributed by atoms with E-state index in [4.69, 9.17) is 0 Å². The molecule has 2 aromatic carbocycles. The van der Waals surface area contributed by atoms with E-state index in [1.54, 1.807) is 24.3 Å². The van der Waals surface area contributed by atoms with Crippen LogP contribution in [-0.2, 0) is 26.0 Å². The van der Waals surface area contributed by atoms with E-state index in [0.717, 1.165) is 11.3 Å². The number of anilines is 1. The molecule has 1 heterocycles. The highest BCUT2D eigenvalue weighted by atomic mass is 32.2. The molecule has 0 aliphatic carbocycles. The van der Waals surface area contributed by atoms with Gasteiger partial charge >= 0.3 is 0 Å². The second-order valence-electron chi connectivity index (χ2n) is 8.24. The Morgan fingerprint density at radius 1 is 0.970 bits per heavy atom. The van der Waals surface area contributed by atoms with Gasteiger partial charge in [0, 0.05) is 44.2 Å². The van der Waals surface area contributed by atoms with E-state index in [9.17, 15) is 18.0 Å². The van der Waals surface area contributed by atoms with E-state index in [1.165, 1.54) is 4.31 Å². The predicted octanol–water partition coefficient (Wildman–Crippen LogP) is 3.53. The molecular formula is C25H33N3O4S. The Hall–Kier alpha value is -2.71. The summed E-state index contributed by atoms with van der Waals surface area (Å²) < 4.78 is 26.6. The molecule has 2 aromatic rings. The van der Waals surface area contributed by atoms with Gasteiger partial charge in [0.25, 0.3) is 0 Å². The summed E-state index contributed by atoms with van der Waals surface area (Å²) in [5, 5.41) is 2.94. The number of likely N-dealkylation sites (tertiary alicyclic amines) is 1. The van der Waals surface area contributed by atoms with Crippen LogP contribution in [-0.4, -0.2) is 55.6 Å². The molecule has 8 heteroatoms. The molecule has 3 rings (SSSR count). The van der Waals surface area contributed by atoms with Gasteiger partial charge < -0.3 is 10.2 Å². The molecule has 0 bridgehead atoms. The number of carbonyl (C=O) groups excluding carboxylic acids is 2. The topological polar surface area (TPSA) is 86.8 Å². The minimum Gasteiger partial charge on any atom is -0.343 e. The molecular weight excluding hydrogens is 438 g/mol. The monoisotopic (exact) mass is 471 g/mol. The summed E-state index contributed by atoms with van der Waals surface area (Å²) in [6.07, 6.45) is 2.23. The molecule has 1 N–H and O–H groups in total. The zero-order valence-electron chi connectivity index (χ0n) is 19.4. The van der Waals surface area contributed by atoms with Crippen molar-refractivity contribution >= 4 is 27.5 Å². The zero-order chi connectivity index (χ0) is 23.8. The number of sulfonamides is 1. The van der Waals surface area contributed by atoms with Gasteiger partial charge in [0.05, 0.1) is 4.90 Å². The van der Waals surface area contributed by atoms with Gasteiger partial charge in [-0.25, -0.2) is 8.42 Å². The number of hydrogen-bond acceptors (Lipinski definition) is 4. The minimum absolute atomic E-state index is 0.00746. The number of nitrogens with one attached hydrogen (secondary N) is 1. The summed E-state index contributed by atoms with van der Waals surface area (Å²) in [6.45, 7) is 5.65. The molecule has 0 unspecified atom stereocenters. The van der Waals surface area contributed by atoms with Crippen LogP contribution in [0.25, 0.3) is 0 Å². The van der Waals surface area contributed by atoms with Gasteiger partial charge in [-0.1, -0.05) is 44.2 Å². The lowest BCUT2D eigenvalue weighted by atomic mass is 9.95. The zero-order valence-corrected chi connectivity index (χ0v) is 20.2. The first-order valence-corrected chi connectivity index (χ1v) is 13.0. The largest absolute Gasteiger partial charge is 0.343 e. The lowest BCUT2D eigenvalue weighted by Gasteiger charge is -2.31. The quantitative estimate of drug-likeness (QED) is 0.606. The first kappa shape index (κ1) is 24.9. The fraction of sp³-hybridized carbons (Fsp3) is 0.440. The Kier molecular flexibility index (Phi) is 8.63. The maximum atomic E-state index is 12.7. The van der Waals surface area contributed by atoms with Crippen molar-refractivity contribution in [2.24, 2.45) is 5.92 Å². The summed E-state index contributed by atoms with van der Waals surface area (Å²) >= 11 is 0. The molecule has 1 aliphatic heterocycles. The third-order valence-electron chi connectivity index (χ3n) is 6.15. The van der Waals surface area contributed by atoms with Crippen molar-refractivity contribution in [3.8, 4) is 0 Å². The number of para-hydroxylation sites is 1. The number of amides is 2. The molecule has 178 valence electrons. The normalized spacial score (nSPS) is 14.9. The lowest BCUT2D eigenvalue weighted by Crippen LogP contribution is -2.41. The van der Waals surface area contributed by atoms with Crippen LogP contribution in [0.15, 0.2) is 59.5 Å². The predicted molar refractivity (Wildman–Crippen MR) is 129 cm³/mol. The van der Waals surface area contributed by atoms with Gasteiger partial charge in [-0.15, -0.1) is 0 Å². The molecule has 0 atom stereocenters. The highest BCUT2D eigenvalue weighted by Gasteiger charge is 2.27. The molecule has 33 heavy (non-hydrogen) atoms. The molecule has 0 aromatic heterocycles. The molecule has 1 fully saturated rings. The molecule has 0 radical (unpaired) electrons. The average Bonchev–Trinajstić information content (AvgIpc) is 2.84. The summed E-state index contributed by atoms with van der Waals surface area (Å²) in [5.41, 5.74) is 1.72. The van der Waals surface area contributed by atoms with E-state index >= 15 is 0 Å². The van der Waals surface area contributed by atoms with Gasteiger partial charge in [0.1, 0.15) is 0 Å². The Labute approximate surface area is 196 Å². The van der Waals surface area contributed by atoms with E-state index in [0.29, 0.717) is 51.9 Å². The van der Waals surface area contributed by atoms with E-state index in [2.05, 4.69) is 5.32 Å². The molecule has 0 spiro atoms. The van der Waals surface area contributed by atoms with Crippen molar-refractivity contribution in [2.45, 2.75) is 44.4 Å². The van der Waals surface area contributed by atoms with Crippen LogP contribution in [0.3, 0.4) is 0 Å². The first-order chi connectivity index (χ1) is 15.8. The number of rotatable bonds is 9. The Morgan fingerprint density at radius 3 is 2.15 bits per heavy atom. The Morgan fingerprint density at radius 2 is 1.58 bits per heavy atom. The molecule has 0 saturated carbocycles. The van der Waals surface area contributed by atoms with Gasteiger partial charge in [-0.2, -0.15) is 4.31 Å². The fourth-order valence-corrected chi connectivity index (χ4v) is 5.56. The van der Waals surface area contributed by atoms with Crippen molar-refractivity contribution in [2.75, 3.05) is 31.5 Å². The summed E-state index contributed by atoms with van der Waals surface area (Å²) in [4.78, 5) is 27.2. The fourth-order valence-electron chi connectivity index (χ4n) is 4.11. The summed E-state index contributed by atoms with van der Waals surface area (Å²) in [6, 6.07) is 16.2. The van der Waals surface area contributed by atoms with E-state index < -0.39 is 10.0 Å². The Balaban J connectivity index is 1.46. The van der Waals surface area contributed by atoms with Crippen LogP contribution in [0.4, 0.5) is 5.69 Å². The number of carbonyl (C=O) groups is 2. The minimum atomic E-state index is -3.47. The third kappa shape index (κ3) is 6.42. The van der Waals surface area contributed by atoms with Crippen LogP contribution in [0.2, 0.25) is 0 Å². The maximum Gasteiger partial charge on any atom is 0.243 e. The number of piperidine rings is 1. The number of aryl methyl sites for hydroxylation is 1. The van der Waals surface area contributed by atoms with Crippen molar-refractivity contribution in [3.63, 3.8) is 0 Å². The van der Waals surface area contributed by atoms with Crippen molar-refractivity contribution in [1.29, 1.82) is 0 Å². The van der Waals surface area contributed by atoms with E-state index in [1.807, 2.05) is 49.1 Å². The first-order valence-electron chi connectivity index (χ1n) is 11.6. The van der Waals surface area contributed by atoms with Crippen molar-refractivity contribution < 1.29 is 18.0 Å². The maximum absolute atomic E-state index is 12.7. The standard InChI is InChI=1S/C25H33N3O4S/c1-3-28(4-2)33(31,32)23-13-10-20(11-14-23)12-15-24(29)27-18-16-21(17-19-27)25(30)26-22-8-6-5-7-9-22/h5-11,13-14,21H,3-4,12,15-19H2,1-2H3,(H,26,30). The van der Waals surface area contributed by atoms with Gasteiger partial charge in [-0.3, -0.25) is 9.59 Å². The molecule has 1 aliphatic rings. The summed E-state index contributed by atoms with van der Waals surface area (Å²) in [5.74, 6) is -0.0145. The second kappa shape index (κ2) is 11.4. The van der Waals surface area contributed by atoms with Crippen LogP contribution in [0.5, 0.6) is 0 Å². The number of nitrogens with zero attached hydrogens (tertiary/aromatic N) is 2. The number of benzene rings is 2. The van der Waals surface area contributed by atoms with Crippen LogP contribution >= 0.6 is 0 Å². The lowest BCUT2D eigenvalue weighted by molar-refractivity contribution is -0.134. The van der Waals surface area contributed by atoms with E-state index in [-0.39, 0.29) is 22.6 Å². The van der Waals surface area contributed by atoms with Crippen molar-refractivity contribution in [3.05, 3.63) is 60.2 Å². The van der Waals surface area contributed by atoms with Gasteiger partial charge in [-0.05, 0) is 49.1 Å². The molecule has 7 nitrogen and oxygen atoms in total. The average molecular weight is 472 g/mol. The summed E-state index contributed by atoms with van der Waals surface area (Å²) in [7, 11) is -3.47. The Bertz CT molecular complexity index is 1030. The molecule has 1 saturated heterocycles. The van der Waals surface area contributed by atoms with Crippen molar-refractivity contribution in [1.82, 2.24) is 9.21 Å². The number of hydrogen-bond donors (Lipinski definition) is 1. The highest BCUT2D eigenvalue weighted by molar-refractivity contribution is 7.89. The van der Waals surface area contributed by atoms with Crippen LogP contribution in [0, 0.1) is 5.92 Å².